The van der Waals surface area contributed by atoms with E-state index in [-0.39, 0.29) is 5.82 Å². The van der Waals surface area contributed by atoms with Crippen molar-refractivity contribution >= 4 is 34.8 Å². The van der Waals surface area contributed by atoms with Crippen LogP contribution in [-0.4, -0.2) is 20.7 Å². The summed E-state index contributed by atoms with van der Waals surface area (Å²) >= 11 is 12.2. The van der Waals surface area contributed by atoms with Gasteiger partial charge in [-0.05, 0) is 55.0 Å². The average Bonchev–Trinajstić information content (AvgIpc) is 3.17. The summed E-state index contributed by atoms with van der Waals surface area (Å²) in [5, 5.41) is 8.34. The first kappa shape index (κ1) is 19.2. The largest absolute Gasteiger partial charge is 0.318 e. The van der Waals surface area contributed by atoms with Crippen molar-refractivity contribution in [1.29, 1.82) is 0 Å². The van der Waals surface area contributed by atoms with Gasteiger partial charge in [0.25, 0.3) is 5.91 Å². The molecule has 0 radical (unpaired) electrons. The minimum atomic E-state index is -0.439. The van der Waals surface area contributed by atoms with Gasteiger partial charge in [0.15, 0.2) is 5.82 Å². The van der Waals surface area contributed by atoms with Crippen molar-refractivity contribution in [3.63, 3.8) is 0 Å². The lowest BCUT2D eigenvalue weighted by atomic mass is 10.2. The molecule has 0 unspecified atom stereocenters. The van der Waals surface area contributed by atoms with Crippen molar-refractivity contribution in [3.8, 4) is 17.1 Å². The predicted octanol–water partition coefficient (Wildman–Crippen LogP) is 5.80. The lowest BCUT2D eigenvalue weighted by molar-refractivity contribution is 0.101. The maximum absolute atomic E-state index is 12.9. The Balaban J connectivity index is 1.77. The third-order valence-electron chi connectivity index (χ3n) is 4.37. The molecule has 1 heterocycles. The SMILES string of the molecule is Cc1cccc(Cl)c1NC(=O)c1nc(-c2ccc(Cl)cc2)n(-c2ccccc2)n1. The molecule has 0 spiro atoms. The zero-order valence-electron chi connectivity index (χ0n) is 15.4. The standard InChI is InChI=1S/C22H16Cl2N4O/c1-14-6-5-9-18(24)19(14)25-22(29)20-26-21(15-10-12-16(23)13-11-15)28(27-20)17-7-3-2-4-8-17/h2-13H,1H3,(H,25,29). The number of aryl methyl sites for hydroxylation is 1. The van der Waals surface area contributed by atoms with Crippen LogP contribution >= 0.6 is 23.2 Å². The molecule has 7 heteroatoms. The Labute approximate surface area is 177 Å². The molecule has 0 saturated heterocycles. The smallest absolute Gasteiger partial charge is 0.295 e. The second-order valence-electron chi connectivity index (χ2n) is 6.40. The van der Waals surface area contributed by atoms with E-state index in [1.807, 2.05) is 61.5 Å². The summed E-state index contributed by atoms with van der Waals surface area (Å²) in [6, 6.07) is 22.1. The first-order valence-electron chi connectivity index (χ1n) is 8.88. The molecule has 1 aromatic heterocycles. The Morgan fingerprint density at radius 3 is 2.34 bits per heavy atom. The van der Waals surface area contributed by atoms with Crippen molar-refractivity contribution in [2.24, 2.45) is 0 Å². The molecule has 0 aliphatic rings. The minimum Gasteiger partial charge on any atom is -0.318 e. The van der Waals surface area contributed by atoms with Crippen LogP contribution in [0.3, 0.4) is 0 Å². The molecular formula is C22H16Cl2N4O. The molecule has 0 aliphatic heterocycles. The topological polar surface area (TPSA) is 59.8 Å². The number of para-hydroxylation sites is 2. The number of hydrogen-bond acceptors (Lipinski definition) is 3. The van der Waals surface area contributed by atoms with Gasteiger partial charge in [-0.2, -0.15) is 0 Å². The maximum Gasteiger partial charge on any atom is 0.295 e. The van der Waals surface area contributed by atoms with Gasteiger partial charge in [-0.1, -0.05) is 53.5 Å². The number of anilines is 1. The van der Waals surface area contributed by atoms with Gasteiger partial charge in [0, 0.05) is 10.6 Å². The van der Waals surface area contributed by atoms with E-state index in [1.54, 1.807) is 22.9 Å². The molecule has 0 aliphatic carbocycles. The normalized spacial score (nSPS) is 10.7. The molecule has 0 saturated carbocycles. The zero-order valence-corrected chi connectivity index (χ0v) is 16.9. The summed E-state index contributed by atoms with van der Waals surface area (Å²) in [7, 11) is 0. The lowest BCUT2D eigenvalue weighted by Gasteiger charge is -2.08. The number of carbonyl (C=O) groups is 1. The Bertz CT molecular complexity index is 1150. The highest BCUT2D eigenvalue weighted by Gasteiger charge is 2.20. The van der Waals surface area contributed by atoms with Crippen LogP contribution in [0.2, 0.25) is 10.0 Å². The van der Waals surface area contributed by atoms with Crippen LogP contribution in [0, 0.1) is 6.92 Å². The van der Waals surface area contributed by atoms with Crippen LogP contribution in [0.15, 0.2) is 72.8 Å². The van der Waals surface area contributed by atoms with Crippen molar-refractivity contribution in [2.75, 3.05) is 5.32 Å². The Morgan fingerprint density at radius 2 is 1.66 bits per heavy atom. The highest BCUT2D eigenvalue weighted by molar-refractivity contribution is 6.34. The summed E-state index contributed by atoms with van der Waals surface area (Å²) in [6.07, 6.45) is 0. The van der Waals surface area contributed by atoms with Gasteiger partial charge in [0.1, 0.15) is 0 Å². The Kier molecular flexibility index (Phi) is 5.34. The summed E-state index contributed by atoms with van der Waals surface area (Å²) in [6.45, 7) is 1.87. The van der Waals surface area contributed by atoms with E-state index in [9.17, 15) is 4.79 Å². The molecule has 4 rings (SSSR count). The lowest BCUT2D eigenvalue weighted by Crippen LogP contribution is -2.15. The number of carbonyl (C=O) groups excluding carboxylic acids is 1. The van der Waals surface area contributed by atoms with Crippen LogP contribution in [0.4, 0.5) is 5.69 Å². The van der Waals surface area contributed by atoms with E-state index in [2.05, 4.69) is 15.4 Å². The van der Waals surface area contributed by atoms with Gasteiger partial charge in [0.05, 0.1) is 16.4 Å². The quantitative estimate of drug-likeness (QED) is 0.451. The summed E-state index contributed by atoms with van der Waals surface area (Å²) in [4.78, 5) is 17.4. The van der Waals surface area contributed by atoms with Crippen LogP contribution in [0.5, 0.6) is 0 Å². The third kappa shape index (κ3) is 4.01. The second kappa shape index (κ2) is 8.07. The van der Waals surface area contributed by atoms with Crippen molar-refractivity contribution in [3.05, 3.63) is 94.2 Å². The van der Waals surface area contributed by atoms with E-state index in [0.29, 0.717) is 21.6 Å². The number of nitrogens with one attached hydrogen (secondary N) is 1. The zero-order chi connectivity index (χ0) is 20.4. The molecule has 0 bridgehead atoms. The maximum atomic E-state index is 12.9. The summed E-state index contributed by atoms with van der Waals surface area (Å²) in [5.74, 6) is 0.137. The number of benzene rings is 3. The van der Waals surface area contributed by atoms with Crippen molar-refractivity contribution in [2.45, 2.75) is 6.92 Å². The van der Waals surface area contributed by atoms with Gasteiger partial charge in [0.2, 0.25) is 5.82 Å². The molecule has 1 N–H and O–H groups in total. The van der Waals surface area contributed by atoms with E-state index in [1.165, 1.54) is 0 Å². The van der Waals surface area contributed by atoms with Gasteiger partial charge in [-0.15, -0.1) is 5.10 Å². The monoisotopic (exact) mass is 422 g/mol. The van der Waals surface area contributed by atoms with Crippen LogP contribution < -0.4 is 5.32 Å². The van der Waals surface area contributed by atoms with E-state index in [0.717, 1.165) is 16.8 Å². The number of nitrogens with zero attached hydrogens (tertiary/aromatic N) is 3. The highest BCUT2D eigenvalue weighted by Crippen LogP contribution is 2.27. The predicted molar refractivity (Wildman–Crippen MR) is 116 cm³/mol. The van der Waals surface area contributed by atoms with Gasteiger partial charge in [-0.25, -0.2) is 9.67 Å². The molecule has 5 nitrogen and oxygen atoms in total. The number of hydrogen-bond donors (Lipinski definition) is 1. The Hall–Kier alpha value is -3.15. The number of amides is 1. The minimum absolute atomic E-state index is 0.0399. The van der Waals surface area contributed by atoms with Gasteiger partial charge >= 0.3 is 0 Å². The third-order valence-corrected chi connectivity index (χ3v) is 4.94. The average molecular weight is 423 g/mol. The Morgan fingerprint density at radius 1 is 0.931 bits per heavy atom. The molecule has 3 aromatic carbocycles. The fourth-order valence-electron chi connectivity index (χ4n) is 2.90. The fraction of sp³-hybridized carbons (Fsp3) is 0.0455. The number of halogens is 2. The van der Waals surface area contributed by atoms with Crippen LogP contribution in [-0.2, 0) is 0 Å². The molecular weight excluding hydrogens is 407 g/mol. The molecule has 0 atom stereocenters. The summed E-state index contributed by atoms with van der Waals surface area (Å²) in [5.41, 5.74) is 2.98. The second-order valence-corrected chi connectivity index (χ2v) is 7.24. The molecule has 29 heavy (non-hydrogen) atoms. The highest BCUT2D eigenvalue weighted by atomic mass is 35.5. The molecule has 0 fully saturated rings. The molecule has 4 aromatic rings. The number of aromatic nitrogens is 3. The molecule has 1 amide bonds. The first-order valence-corrected chi connectivity index (χ1v) is 9.63. The van der Waals surface area contributed by atoms with Gasteiger partial charge in [-0.3, -0.25) is 4.79 Å². The van der Waals surface area contributed by atoms with E-state index in [4.69, 9.17) is 23.2 Å². The van der Waals surface area contributed by atoms with E-state index < -0.39 is 5.91 Å². The van der Waals surface area contributed by atoms with Crippen LogP contribution in [0.1, 0.15) is 16.2 Å². The summed E-state index contributed by atoms with van der Waals surface area (Å²) < 4.78 is 1.64. The number of rotatable bonds is 4. The molecule has 144 valence electrons. The fourth-order valence-corrected chi connectivity index (χ4v) is 3.30. The van der Waals surface area contributed by atoms with E-state index >= 15 is 0 Å². The van der Waals surface area contributed by atoms with Crippen LogP contribution in [0.25, 0.3) is 17.1 Å². The van der Waals surface area contributed by atoms with Gasteiger partial charge < -0.3 is 5.32 Å². The van der Waals surface area contributed by atoms with Crippen molar-refractivity contribution in [1.82, 2.24) is 14.8 Å². The van der Waals surface area contributed by atoms with Crippen molar-refractivity contribution < 1.29 is 4.79 Å². The first-order chi connectivity index (χ1) is 14.0.